The van der Waals surface area contributed by atoms with Gasteiger partial charge in [0, 0.05) is 6.54 Å². The summed E-state index contributed by atoms with van der Waals surface area (Å²) in [6.07, 6.45) is 2.43. The van der Waals surface area contributed by atoms with E-state index in [0.717, 1.165) is 12.8 Å². The Bertz CT molecular complexity index is 366. The van der Waals surface area contributed by atoms with Gasteiger partial charge in [0.25, 0.3) is 0 Å². The molecule has 3 amide bonds. The molecule has 1 rings (SSSR count). The lowest BCUT2D eigenvalue weighted by atomic mass is 9.77. The zero-order valence-corrected chi connectivity index (χ0v) is 11.3. The minimum Gasteiger partial charge on any atom is -0.480 e. The molecule has 0 aromatic heterocycles. The van der Waals surface area contributed by atoms with E-state index in [9.17, 15) is 14.4 Å². The smallest absolute Gasteiger partial charge is 0.329 e. The molecule has 19 heavy (non-hydrogen) atoms. The second-order valence-corrected chi connectivity index (χ2v) is 4.85. The summed E-state index contributed by atoms with van der Waals surface area (Å²) in [6.45, 7) is 4.03. The van der Waals surface area contributed by atoms with E-state index in [1.54, 1.807) is 6.92 Å². The first kappa shape index (κ1) is 15.3. The lowest BCUT2D eigenvalue weighted by Gasteiger charge is -2.38. The van der Waals surface area contributed by atoms with Gasteiger partial charge in [-0.15, -0.1) is 0 Å². The highest BCUT2D eigenvalue weighted by atomic mass is 16.4. The van der Waals surface area contributed by atoms with Crippen molar-refractivity contribution in [3.8, 4) is 0 Å². The van der Waals surface area contributed by atoms with Crippen LogP contribution in [0.2, 0.25) is 0 Å². The number of nitrogens with one attached hydrogen (secondary N) is 3. The molecular weight excluding hydrogens is 250 g/mol. The molecule has 0 heterocycles. The minimum atomic E-state index is -1.16. The van der Waals surface area contributed by atoms with Crippen molar-refractivity contribution in [2.24, 2.45) is 0 Å². The van der Waals surface area contributed by atoms with E-state index >= 15 is 0 Å². The Morgan fingerprint density at radius 2 is 1.95 bits per heavy atom. The summed E-state index contributed by atoms with van der Waals surface area (Å²) in [5, 5.41) is 16.6. The Morgan fingerprint density at radius 3 is 2.37 bits per heavy atom. The number of urea groups is 1. The summed E-state index contributed by atoms with van der Waals surface area (Å²) < 4.78 is 0. The van der Waals surface area contributed by atoms with Gasteiger partial charge < -0.3 is 21.1 Å². The quantitative estimate of drug-likeness (QED) is 0.553. The van der Waals surface area contributed by atoms with E-state index < -0.39 is 23.6 Å². The third kappa shape index (κ3) is 3.84. The van der Waals surface area contributed by atoms with Crippen LogP contribution in [-0.2, 0) is 9.59 Å². The average Bonchev–Trinajstić information content (AvgIpc) is 2.30. The van der Waals surface area contributed by atoms with Crippen molar-refractivity contribution >= 4 is 17.9 Å². The lowest BCUT2D eigenvalue weighted by Crippen LogP contribution is -2.62. The molecule has 1 fully saturated rings. The second-order valence-electron chi connectivity index (χ2n) is 4.85. The molecule has 0 spiro atoms. The summed E-state index contributed by atoms with van der Waals surface area (Å²) in [7, 11) is 0. The van der Waals surface area contributed by atoms with Crippen LogP contribution in [0.25, 0.3) is 0 Å². The van der Waals surface area contributed by atoms with Crippen LogP contribution >= 0.6 is 0 Å². The van der Waals surface area contributed by atoms with Gasteiger partial charge >= 0.3 is 12.0 Å². The first-order valence-electron chi connectivity index (χ1n) is 6.51. The molecule has 0 saturated heterocycles. The predicted molar refractivity (Wildman–Crippen MR) is 68.6 cm³/mol. The molecule has 1 atom stereocenters. The molecule has 1 aliphatic carbocycles. The van der Waals surface area contributed by atoms with Crippen molar-refractivity contribution in [3.05, 3.63) is 0 Å². The van der Waals surface area contributed by atoms with Crippen LogP contribution in [0.15, 0.2) is 0 Å². The Morgan fingerprint density at radius 1 is 1.32 bits per heavy atom. The number of carboxylic acids is 1. The summed E-state index contributed by atoms with van der Waals surface area (Å²) in [6, 6.07) is -1.32. The molecule has 0 aromatic rings. The standard InChI is InChI=1S/C12H21N3O4/c1-3-7-13-9(16)8(2)14-11(19)15-12(10(17)18)5-4-6-12/h8H,3-7H2,1-2H3,(H,13,16)(H,17,18)(H2,14,15,19). The topological polar surface area (TPSA) is 108 Å². The van der Waals surface area contributed by atoms with Crippen LogP contribution in [-0.4, -0.2) is 41.1 Å². The van der Waals surface area contributed by atoms with Gasteiger partial charge in [0.2, 0.25) is 5.91 Å². The van der Waals surface area contributed by atoms with Crippen molar-refractivity contribution in [3.63, 3.8) is 0 Å². The zero-order valence-electron chi connectivity index (χ0n) is 11.3. The lowest BCUT2D eigenvalue weighted by molar-refractivity contribution is -0.148. The molecule has 108 valence electrons. The molecule has 4 N–H and O–H groups in total. The highest BCUT2D eigenvalue weighted by Gasteiger charge is 2.45. The molecule has 7 nitrogen and oxygen atoms in total. The average molecular weight is 271 g/mol. The maximum atomic E-state index is 11.7. The van der Waals surface area contributed by atoms with Gasteiger partial charge in [-0.2, -0.15) is 0 Å². The molecule has 0 radical (unpaired) electrons. The van der Waals surface area contributed by atoms with Crippen LogP contribution in [0.1, 0.15) is 39.5 Å². The van der Waals surface area contributed by atoms with Crippen LogP contribution < -0.4 is 16.0 Å². The first-order chi connectivity index (χ1) is 8.91. The Balaban J connectivity index is 2.42. The third-order valence-electron chi connectivity index (χ3n) is 3.26. The molecule has 0 aliphatic heterocycles. The number of carbonyl (C=O) groups excluding carboxylic acids is 2. The number of aliphatic carboxylic acids is 1. The molecule has 1 saturated carbocycles. The largest absolute Gasteiger partial charge is 0.480 e. The monoisotopic (exact) mass is 271 g/mol. The Kier molecular flexibility index (Phi) is 5.14. The fourth-order valence-corrected chi connectivity index (χ4v) is 1.84. The fraction of sp³-hybridized carbons (Fsp3) is 0.750. The van der Waals surface area contributed by atoms with Crippen molar-refractivity contribution in [1.82, 2.24) is 16.0 Å². The summed E-state index contributed by atoms with van der Waals surface area (Å²) in [5.74, 6) is -1.31. The van der Waals surface area contributed by atoms with E-state index in [-0.39, 0.29) is 5.91 Å². The second kappa shape index (κ2) is 6.40. The maximum Gasteiger partial charge on any atom is 0.329 e. The number of carbonyl (C=O) groups is 3. The third-order valence-corrected chi connectivity index (χ3v) is 3.26. The van der Waals surface area contributed by atoms with Gasteiger partial charge in [0.1, 0.15) is 11.6 Å². The van der Waals surface area contributed by atoms with Crippen LogP contribution in [0.5, 0.6) is 0 Å². The van der Waals surface area contributed by atoms with Gasteiger partial charge in [-0.05, 0) is 32.6 Å². The van der Waals surface area contributed by atoms with E-state index in [2.05, 4.69) is 16.0 Å². The summed E-state index contributed by atoms with van der Waals surface area (Å²) in [5.41, 5.74) is -1.16. The molecule has 1 aliphatic rings. The molecule has 0 aromatic carbocycles. The van der Waals surface area contributed by atoms with E-state index in [1.807, 2.05) is 6.92 Å². The van der Waals surface area contributed by atoms with Crippen LogP contribution in [0, 0.1) is 0 Å². The Labute approximate surface area is 112 Å². The number of hydrogen-bond donors (Lipinski definition) is 4. The zero-order chi connectivity index (χ0) is 14.5. The molecule has 1 unspecified atom stereocenters. The van der Waals surface area contributed by atoms with Gasteiger partial charge in [0.05, 0.1) is 0 Å². The fourth-order valence-electron chi connectivity index (χ4n) is 1.84. The van der Waals surface area contributed by atoms with E-state index in [4.69, 9.17) is 5.11 Å². The van der Waals surface area contributed by atoms with Crippen LogP contribution in [0.3, 0.4) is 0 Å². The van der Waals surface area contributed by atoms with Crippen molar-refractivity contribution in [1.29, 1.82) is 0 Å². The Hall–Kier alpha value is -1.79. The predicted octanol–water partition coefficient (Wildman–Crippen LogP) is 0.208. The summed E-state index contributed by atoms with van der Waals surface area (Å²) in [4.78, 5) is 34.3. The highest BCUT2D eigenvalue weighted by Crippen LogP contribution is 2.31. The van der Waals surface area contributed by atoms with Crippen molar-refractivity contribution < 1.29 is 19.5 Å². The van der Waals surface area contributed by atoms with Crippen LogP contribution in [0.4, 0.5) is 4.79 Å². The van der Waals surface area contributed by atoms with Gasteiger partial charge in [-0.3, -0.25) is 4.79 Å². The molecule has 7 heteroatoms. The maximum absolute atomic E-state index is 11.7. The van der Waals surface area contributed by atoms with Gasteiger partial charge in [0.15, 0.2) is 0 Å². The minimum absolute atomic E-state index is 0.282. The van der Waals surface area contributed by atoms with E-state index in [1.165, 1.54) is 0 Å². The molecule has 0 bridgehead atoms. The number of amides is 3. The molecular formula is C12H21N3O4. The van der Waals surface area contributed by atoms with Crippen molar-refractivity contribution in [2.45, 2.75) is 51.1 Å². The van der Waals surface area contributed by atoms with Gasteiger partial charge in [-0.25, -0.2) is 9.59 Å². The number of hydrogen-bond acceptors (Lipinski definition) is 3. The number of rotatable bonds is 6. The SMILES string of the molecule is CCCNC(=O)C(C)NC(=O)NC1(C(=O)O)CCC1. The van der Waals surface area contributed by atoms with E-state index in [0.29, 0.717) is 19.4 Å². The van der Waals surface area contributed by atoms with Gasteiger partial charge in [-0.1, -0.05) is 6.92 Å². The summed E-state index contributed by atoms with van der Waals surface area (Å²) >= 11 is 0. The normalized spacial score (nSPS) is 17.8. The highest BCUT2D eigenvalue weighted by molar-refractivity contribution is 5.90. The van der Waals surface area contributed by atoms with Crippen molar-refractivity contribution in [2.75, 3.05) is 6.54 Å². The number of carboxylic acid groups (broad SMARTS) is 1. The first-order valence-corrected chi connectivity index (χ1v) is 6.51.